The van der Waals surface area contributed by atoms with E-state index >= 15 is 0 Å². The Hall–Kier alpha value is -1.31. The Morgan fingerprint density at radius 2 is 2.04 bits per heavy atom. The first-order valence-electron chi connectivity index (χ1n) is 9.47. The van der Waals surface area contributed by atoms with Gasteiger partial charge >= 0.3 is 0 Å². The van der Waals surface area contributed by atoms with Crippen molar-refractivity contribution < 1.29 is 14.6 Å². The lowest BCUT2D eigenvalue weighted by Crippen LogP contribution is -2.49. The molecule has 1 heterocycles. The first kappa shape index (κ1) is 20.0. The van der Waals surface area contributed by atoms with Gasteiger partial charge < -0.3 is 15.2 Å². The van der Waals surface area contributed by atoms with Crippen molar-refractivity contribution in [2.75, 3.05) is 13.7 Å². The third kappa shape index (κ3) is 3.31. The second-order valence-electron chi connectivity index (χ2n) is 7.66. The molecule has 0 unspecified atom stereocenters. The highest BCUT2D eigenvalue weighted by molar-refractivity contribution is 14.1. The second kappa shape index (κ2) is 7.84. The normalized spacial score (nSPS) is 29.3. The number of ether oxygens (including phenoxy) is 1. The van der Waals surface area contributed by atoms with Gasteiger partial charge in [-0.1, -0.05) is 52.4 Å². The van der Waals surface area contributed by atoms with E-state index in [0.717, 1.165) is 22.2 Å². The maximum Gasteiger partial charge on any atom is 0.252 e. The van der Waals surface area contributed by atoms with Crippen molar-refractivity contribution in [2.24, 2.45) is 5.92 Å². The summed E-state index contributed by atoms with van der Waals surface area (Å²) in [6.45, 7) is 0.495. The largest absolute Gasteiger partial charge is 0.497 e. The van der Waals surface area contributed by atoms with Gasteiger partial charge in [0.15, 0.2) is 0 Å². The molecule has 4 rings (SSSR count). The predicted octanol–water partition coefficient (Wildman–Crippen LogP) is 4.42. The molecule has 0 bridgehead atoms. The van der Waals surface area contributed by atoms with Crippen LogP contribution in [0, 0.1) is 5.92 Å². The molecule has 2 aromatic rings. The van der Waals surface area contributed by atoms with Gasteiger partial charge in [-0.05, 0) is 65.6 Å². The maximum atomic E-state index is 12.4. The van der Waals surface area contributed by atoms with E-state index in [1.54, 1.807) is 7.11 Å². The van der Waals surface area contributed by atoms with Gasteiger partial charge in [-0.15, -0.1) is 0 Å². The smallest absolute Gasteiger partial charge is 0.252 e. The van der Waals surface area contributed by atoms with Crippen LogP contribution in [-0.2, 0) is 9.22 Å². The molecule has 4 atom stereocenters. The van der Waals surface area contributed by atoms with Crippen molar-refractivity contribution in [3.63, 3.8) is 0 Å². The number of aliphatic hydroxyl groups is 1. The molecule has 148 valence electrons. The van der Waals surface area contributed by atoms with Crippen LogP contribution in [0.4, 0.5) is 0 Å². The van der Waals surface area contributed by atoms with E-state index in [1.165, 1.54) is 11.1 Å². The number of fused-ring (bicyclic) bond motifs is 1. The summed E-state index contributed by atoms with van der Waals surface area (Å²) >= 11 is 8.50. The molecule has 4 nitrogen and oxygen atoms in total. The van der Waals surface area contributed by atoms with Gasteiger partial charge in [0, 0.05) is 21.9 Å². The molecular formula is C22H23ClINO3. The summed E-state index contributed by atoms with van der Waals surface area (Å²) in [4.78, 5) is 12.4. The number of carbonyl (C=O) groups is 1. The molecule has 1 aliphatic carbocycles. The lowest BCUT2D eigenvalue weighted by molar-refractivity contribution is -0.142. The topological polar surface area (TPSA) is 58.6 Å². The van der Waals surface area contributed by atoms with E-state index in [9.17, 15) is 9.90 Å². The Labute approximate surface area is 183 Å². The number of amides is 1. The molecule has 28 heavy (non-hydrogen) atoms. The van der Waals surface area contributed by atoms with E-state index in [-0.39, 0.29) is 23.7 Å². The van der Waals surface area contributed by atoms with E-state index < -0.39 is 5.60 Å². The zero-order valence-corrected chi connectivity index (χ0v) is 18.5. The number of nitrogens with one attached hydrogen (secondary N) is 1. The lowest BCUT2D eigenvalue weighted by atomic mass is 9.61. The Morgan fingerprint density at radius 1 is 1.29 bits per heavy atom. The molecule has 2 aliphatic rings. The summed E-state index contributed by atoms with van der Waals surface area (Å²) < 4.78 is 6.29. The Balaban J connectivity index is 1.82. The van der Waals surface area contributed by atoms with Crippen LogP contribution in [0.15, 0.2) is 42.5 Å². The zero-order valence-electron chi connectivity index (χ0n) is 15.6. The first-order chi connectivity index (χ1) is 13.5. The van der Waals surface area contributed by atoms with Crippen molar-refractivity contribution in [1.82, 2.24) is 5.32 Å². The zero-order chi connectivity index (χ0) is 19.9. The summed E-state index contributed by atoms with van der Waals surface area (Å²) in [6.07, 6.45) is 1.23. The van der Waals surface area contributed by atoms with Crippen LogP contribution in [0.5, 0.6) is 5.75 Å². The highest BCUT2D eigenvalue weighted by Crippen LogP contribution is 2.53. The fraction of sp³-hybridized carbons (Fsp3) is 0.409. The quantitative estimate of drug-likeness (QED) is 0.472. The van der Waals surface area contributed by atoms with E-state index in [1.807, 2.05) is 30.3 Å². The van der Waals surface area contributed by atoms with Crippen LogP contribution in [-0.4, -0.2) is 30.3 Å². The number of halogens is 2. The predicted molar refractivity (Wildman–Crippen MR) is 118 cm³/mol. The molecule has 1 aliphatic heterocycles. The molecule has 6 heteroatoms. The van der Waals surface area contributed by atoms with Gasteiger partial charge in [-0.3, -0.25) is 4.79 Å². The van der Waals surface area contributed by atoms with Crippen LogP contribution in [0.1, 0.15) is 41.4 Å². The van der Waals surface area contributed by atoms with Crippen molar-refractivity contribution in [1.29, 1.82) is 0 Å². The Morgan fingerprint density at radius 3 is 2.71 bits per heavy atom. The lowest BCUT2D eigenvalue weighted by Gasteiger charge is -2.44. The summed E-state index contributed by atoms with van der Waals surface area (Å²) in [6, 6.07) is 14.1. The Kier molecular flexibility index (Phi) is 5.60. The molecule has 2 N–H and O–H groups in total. The van der Waals surface area contributed by atoms with Gasteiger partial charge in [0.1, 0.15) is 11.4 Å². The highest BCUT2D eigenvalue weighted by atomic mass is 127. The molecule has 1 saturated heterocycles. The van der Waals surface area contributed by atoms with Crippen LogP contribution < -0.4 is 10.1 Å². The maximum absolute atomic E-state index is 12.4. The number of rotatable bonds is 4. The second-order valence-corrected chi connectivity index (χ2v) is 8.86. The summed E-state index contributed by atoms with van der Waals surface area (Å²) in [5, 5.41) is 14.8. The number of hydrogen-bond acceptors (Lipinski definition) is 3. The van der Waals surface area contributed by atoms with Gasteiger partial charge in [0.25, 0.3) is 5.91 Å². The average Bonchev–Trinajstić information content (AvgIpc) is 3.02. The fourth-order valence-corrected chi connectivity index (χ4v) is 5.72. The van der Waals surface area contributed by atoms with Gasteiger partial charge in [0.2, 0.25) is 0 Å². The van der Waals surface area contributed by atoms with Gasteiger partial charge in [0.05, 0.1) is 7.11 Å². The number of methoxy groups -OCH3 is 1. The minimum atomic E-state index is -1.29. The highest BCUT2D eigenvalue weighted by Gasteiger charge is 2.57. The molecule has 0 radical (unpaired) electrons. The third-order valence-electron chi connectivity index (χ3n) is 6.34. The molecular weight excluding hydrogens is 489 g/mol. The summed E-state index contributed by atoms with van der Waals surface area (Å²) in [7, 11) is 1.68. The molecule has 0 spiro atoms. The summed E-state index contributed by atoms with van der Waals surface area (Å²) in [5.74, 6) is 0.700. The van der Waals surface area contributed by atoms with Crippen LogP contribution in [0.25, 0.3) is 0 Å². The minimum Gasteiger partial charge on any atom is -0.497 e. The molecule has 1 amide bonds. The van der Waals surface area contributed by atoms with Crippen molar-refractivity contribution in [3.05, 3.63) is 64.2 Å². The van der Waals surface area contributed by atoms with Gasteiger partial charge in [-0.25, -0.2) is 0 Å². The van der Waals surface area contributed by atoms with E-state index in [4.69, 9.17) is 16.3 Å². The van der Waals surface area contributed by atoms with Crippen LogP contribution in [0.3, 0.4) is 0 Å². The van der Waals surface area contributed by atoms with Crippen molar-refractivity contribution in [2.45, 2.75) is 34.7 Å². The first-order valence-corrected chi connectivity index (χ1v) is 11.4. The summed E-state index contributed by atoms with van der Waals surface area (Å²) in [5.41, 5.74) is 2.34. The standard InChI is InChI=1S/C22H23ClINO3/c1-28-16-6-7-17(14(10-16)11-24)18-8-9-22(27)19(12-25-21(22)26)20(18)13-2-4-15(23)5-3-13/h2-7,10,18-20,27H,8-9,11-12H2,1H3,(H,25,26)/t18-,19-,20-,22-/m0/s1. The number of benzene rings is 2. The number of hydrogen-bond donors (Lipinski definition) is 2. The third-order valence-corrected chi connectivity index (χ3v) is 7.41. The molecule has 2 fully saturated rings. The SMILES string of the molecule is COc1ccc([C@@H]2CC[C@@]3(O)C(=O)NC[C@H]3[C@H]2c2ccc(Cl)cc2)c(CI)c1. The van der Waals surface area contributed by atoms with Crippen LogP contribution in [0.2, 0.25) is 5.02 Å². The number of carbonyl (C=O) groups excluding carboxylic acids is 1. The van der Waals surface area contributed by atoms with Crippen LogP contribution >= 0.6 is 34.2 Å². The molecule has 1 saturated carbocycles. The number of alkyl halides is 1. The fourth-order valence-electron chi connectivity index (χ4n) is 4.94. The average molecular weight is 512 g/mol. The van der Waals surface area contributed by atoms with Crippen molar-refractivity contribution >= 4 is 40.1 Å². The monoisotopic (exact) mass is 511 g/mol. The molecule has 0 aromatic heterocycles. The molecule has 2 aromatic carbocycles. The van der Waals surface area contributed by atoms with Gasteiger partial charge in [-0.2, -0.15) is 0 Å². The Bertz CT molecular complexity index is 888. The van der Waals surface area contributed by atoms with E-state index in [2.05, 4.69) is 40.0 Å². The van der Waals surface area contributed by atoms with E-state index in [0.29, 0.717) is 18.0 Å². The van der Waals surface area contributed by atoms with Crippen molar-refractivity contribution in [3.8, 4) is 5.75 Å². The minimum absolute atomic E-state index is 0.0325.